The maximum atomic E-state index is 15.7. The predicted molar refractivity (Wildman–Crippen MR) is 494 cm³/mol. The number of rotatable bonds is 62. The molecule has 5 rings (SSSR count). The number of ether oxygens (including phenoxy) is 19. The quantitative estimate of drug-likeness (QED) is 0.0212. The summed E-state index contributed by atoms with van der Waals surface area (Å²) in [6, 6.07) is 34.7. The van der Waals surface area contributed by atoms with Crippen LogP contribution in [0.15, 0.2) is 121 Å². The molecule has 146 heavy (non-hydrogen) atoms. The fourth-order valence-corrected chi connectivity index (χ4v) is 14.8. The third-order valence-corrected chi connectivity index (χ3v) is 20.7. The Morgan fingerprint density at radius 2 is 0.603 bits per heavy atom. The molecule has 4 aromatic rings. The molecule has 14 unspecified atom stereocenters. The Morgan fingerprint density at radius 3 is 0.918 bits per heavy atom. The number of nitrogens with zero attached hydrogens (tertiary/aromatic N) is 3. The van der Waals surface area contributed by atoms with E-state index in [4.69, 9.17) is 99.7 Å². The minimum atomic E-state index is -2.61. The fourth-order valence-electron chi connectivity index (χ4n) is 14.8. The zero-order valence-corrected chi connectivity index (χ0v) is 83.7. The molecule has 4 aromatic carbocycles. The maximum Gasteiger partial charge on any atom is 0.320 e. The summed E-state index contributed by atoms with van der Waals surface area (Å²) in [4.78, 5) is 302. The van der Waals surface area contributed by atoms with Crippen molar-refractivity contribution in [3.8, 4) is 0 Å². The van der Waals surface area contributed by atoms with Gasteiger partial charge in [0, 0.05) is 161 Å². The van der Waals surface area contributed by atoms with E-state index in [-0.39, 0.29) is 65.4 Å². The smallest absolute Gasteiger partial charge is 0.320 e. The van der Waals surface area contributed by atoms with Crippen LogP contribution in [0.3, 0.4) is 0 Å². The standard InChI is InChI=1S/C97H127N7O42/c1-58(105)126-50-78(135-61(4)108)86(139-65(8)112)87(140-66(9)113)81(138-64(7)111)53-134-101-57-97(54-98-94(124)92(145-71(14)118)90(143-69(12)116)88(141-67(10)114)79(136-62(5)109)51-127-59(2)106,55-99-95(125)93(146-72(15)119)91(144-70(13)117)89(142-68(11)115)80(137-63(6)110)52-128-60(3)107)56-100-133-40-28-37-77-41-102(42-82(120)129-46-73-29-20-16-21-30-73)38-39-103(43-83(121)130-47-74-31-22-17-23-32-74)96(77)104(44-84(122)131-48-75-33-24-18-25-34-75)45-85(123)132-49-76-35-26-19-27-36-76/h16-27,29-36,77-81,86-93,96,100-101H,28,37-57H2,1-15H3,(H,98,124)(H,99,125). The van der Waals surface area contributed by atoms with Crippen LogP contribution in [0.5, 0.6) is 0 Å². The van der Waals surface area contributed by atoms with Gasteiger partial charge in [-0.1, -0.05) is 121 Å². The number of amides is 2. The molecular weight excluding hydrogens is 1940 g/mol. The van der Waals surface area contributed by atoms with E-state index >= 15 is 9.59 Å². The molecule has 1 heterocycles. The summed E-state index contributed by atoms with van der Waals surface area (Å²) < 4.78 is 106. The van der Waals surface area contributed by atoms with Crippen molar-refractivity contribution in [3.63, 3.8) is 0 Å². The van der Waals surface area contributed by atoms with Gasteiger partial charge in [0.15, 0.2) is 61.0 Å². The van der Waals surface area contributed by atoms with Gasteiger partial charge in [-0.25, -0.2) is 11.0 Å². The first-order valence-corrected chi connectivity index (χ1v) is 45.9. The molecule has 802 valence electrons. The first kappa shape index (κ1) is 122. The van der Waals surface area contributed by atoms with Crippen LogP contribution in [0.1, 0.15) is 139 Å². The molecule has 14 atom stereocenters. The molecule has 0 aliphatic carbocycles. The van der Waals surface area contributed by atoms with Crippen LogP contribution < -0.4 is 21.6 Å². The molecule has 0 radical (unpaired) electrons. The van der Waals surface area contributed by atoms with Crippen molar-refractivity contribution in [1.29, 1.82) is 0 Å². The molecule has 2 amide bonds. The second kappa shape index (κ2) is 64.3. The third-order valence-electron chi connectivity index (χ3n) is 20.7. The van der Waals surface area contributed by atoms with E-state index in [9.17, 15) is 91.1 Å². The highest BCUT2D eigenvalue weighted by Gasteiger charge is 2.52. The monoisotopic (exact) mass is 2060 g/mol. The Hall–Kier alpha value is -14.5. The molecule has 1 fully saturated rings. The molecule has 4 N–H and O–H groups in total. The number of esters is 19. The second-order valence-electron chi connectivity index (χ2n) is 33.3. The highest BCUT2D eigenvalue weighted by Crippen LogP contribution is 2.30. The van der Waals surface area contributed by atoms with Gasteiger partial charge in [0.1, 0.15) is 52.9 Å². The predicted octanol–water partition coefficient (Wildman–Crippen LogP) is 1.73. The van der Waals surface area contributed by atoms with E-state index in [2.05, 4.69) is 21.6 Å². The summed E-state index contributed by atoms with van der Waals surface area (Å²) in [5.41, 5.74) is 5.49. The van der Waals surface area contributed by atoms with Crippen molar-refractivity contribution in [1.82, 2.24) is 36.3 Å². The van der Waals surface area contributed by atoms with Crippen LogP contribution in [-0.2, 0) is 227 Å². The van der Waals surface area contributed by atoms with Crippen LogP contribution in [0.2, 0.25) is 0 Å². The van der Waals surface area contributed by atoms with Crippen molar-refractivity contribution in [3.05, 3.63) is 144 Å². The number of hydrogen-bond acceptors (Lipinski definition) is 47. The average molecular weight is 2060 g/mol. The highest BCUT2D eigenvalue weighted by molar-refractivity contribution is 5.86. The molecule has 1 aliphatic rings. The lowest BCUT2D eigenvalue weighted by atomic mass is 9.87. The van der Waals surface area contributed by atoms with Gasteiger partial charge in [-0.3, -0.25) is 120 Å². The molecule has 1 saturated heterocycles. The van der Waals surface area contributed by atoms with Crippen molar-refractivity contribution in [2.75, 3.05) is 105 Å². The van der Waals surface area contributed by atoms with Gasteiger partial charge in [-0.15, -0.1) is 0 Å². The number of nitrogens with one attached hydrogen (secondary N) is 4. The third kappa shape index (κ3) is 47.8. The maximum absolute atomic E-state index is 15.7. The van der Waals surface area contributed by atoms with Crippen LogP contribution in [0.25, 0.3) is 0 Å². The summed E-state index contributed by atoms with van der Waals surface area (Å²) in [6.45, 7) is 1.06. The molecule has 49 nitrogen and oxygen atoms in total. The van der Waals surface area contributed by atoms with Crippen LogP contribution in [0, 0.1) is 11.3 Å². The van der Waals surface area contributed by atoms with Crippen molar-refractivity contribution >= 4 is 125 Å². The molecule has 49 heteroatoms. The fraction of sp³-hybridized carbons (Fsp3) is 0.536. The molecule has 0 bridgehead atoms. The minimum absolute atomic E-state index is 0.0165. The summed E-state index contributed by atoms with van der Waals surface area (Å²) in [7, 11) is 0. The first-order valence-electron chi connectivity index (χ1n) is 45.9. The van der Waals surface area contributed by atoms with Gasteiger partial charge < -0.3 is 105 Å². The molecule has 0 spiro atoms. The van der Waals surface area contributed by atoms with Crippen LogP contribution in [0.4, 0.5) is 0 Å². The van der Waals surface area contributed by atoms with Crippen molar-refractivity contribution in [2.45, 2.75) is 223 Å². The van der Waals surface area contributed by atoms with Gasteiger partial charge in [-0.05, 0) is 35.1 Å². The van der Waals surface area contributed by atoms with E-state index in [0.29, 0.717) is 22.3 Å². The van der Waals surface area contributed by atoms with E-state index in [1.54, 1.807) is 131 Å². The molecule has 0 aromatic heterocycles. The molecular formula is C97H127N7O42. The SMILES string of the molecule is CC(=O)OCC(OC(C)=O)C(OC(C)=O)C(OC(C)=O)C(CONCC(CNOCCCC1CN(CC(=O)OCc2ccccc2)CCN(CC(=O)OCc2ccccc2)C1N(CC(=O)OCc1ccccc1)CC(=O)OCc1ccccc1)(CNC(=O)C(OC(C)=O)C(OC(C)=O)C(OC(C)=O)C(COC(C)=O)OC(C)=O)CNC(=O)C(OC(C)=O)C(OC(C)=O)C(OC(C)=O)C(COC(C)=O)OC(C)=O)OC(C)=O. The van der Waals surface area contributed by atoms with E-state index < -0.39 is 295 Å². The highest BCUT2D eigenvalue weighted by atomic mass is 16.7. The summed E-state index contributed by atoms with van der Waals surface area (Å²) >= 11 is 0. The second-order valence-corrected chi connectivity index (χ2v) is 33.3. The van der Waals surface area contributed by atoms with Crippen molar-refractivity contribution < 1.29 is 200 Å². The normalized spacial score (nSPS) is 15.8. The lowest BCUT2D eigenvalue weighted by Crippen LogP contribution is -2.61. The number of carbonyl (C=O) groups is 21. The van der Waals surface area contributed by atoms with Crippen molar-refractivity contribution in [2.24, 2.45) is 11.3 Å². The van der Waals surface area contributed by atoms with Gasteiger partial charge in [0.2, 0.25) is 12.2 Å². The van der Waals surface area contributed by atoms with Crippen LogP contribution in [-0.4, -0.2) is 324 Å². The average Bonchev–Trinajstić information content (AvgIpc) is 1.63. The first-order chi connectivity index (χ1) is 69.2. The number of carbonyl (C=O) groups excluding carboxylic acids is 21. The number of hydroxylamine groups is 2. The van der Waals surface area contributed by atoms with Gasteiger partial charge in [0.25, 0.3) is 11.8 Å². The Morgan fingerprint density at radius 1 is 0.315 bits per heavy atom. The lowest BCUT2D eigenvalue weighted by Gasteiger charge is -2.41. The van der Waals surface area contributed by atoms with E-state index in [1.807, 2.05) is 0 Å². The zero-order chi connectivity index (χ0) is 108. The topological polar surface area (TPSA) is 610 Å². The Balaban J connectivity index is 1.87. The largest absolute Gasteiger partial charge is 0.462 e. The number of hydrogen-bond donors (Lipinski definition) is 4. The Kier molecular flexibility index (Phi) is 53.7. The zero-order valence-electron chi connectivity index (χ0n) is 83.7. The molecule has 1 aliphatic heterocycles. The van der Waals surface area contributed by atoms with E-state index in [0.717, 1.165) is 104 Å². The summed E-state index contributed by atoms with van der Waals surface area (Å²) in [6.07, 6.45) is -28.2. The van der Waals surface area contributed by atoms with Gasteiger partial charge in [0.05, 0.1) is 39.0 Å². The number of benzene rings is 4. The van der Waals surface area contributed by atoms with Crippen LogP contribution >= 0.6 is 0 Å². The Bertz CT molecular complexity index is 4830. The minimum Gasteiger partial charge on any atom is -0.462 e. The van der Waals surface area contributed by atoms with E-state index in [1.165, 1.54) is 4.90 Å². The lowest BCUT2D eigenvalue weighted by molar-refractivity contribution is -0.208. The van der Waals surface area contributed by atoms with Gasteiger partial charge in [-0.2, -0.15) is 0 Å². The van der Waals surface area contributed by atoms with Gasteiger partial charge >= 0.3 is 113 Å². The summed E-state index contributed by atoms with van der Waals surface area (Å²) in [5.74, 6) is -25.0. The molecule has 0 saturated carbocycles. The summed E-state index contributed by atoms with van der Waals surface area (Å²) in [5, 5.41) is 5.01. The Labute approximate surface area is 840 Å².